The fourth-order valence-electron chi connectivity index (χ4n) is 3.17. The summed E-state index contributed by atoms with van der Waals surface area (Å²) in [6, 6.07) is 7.39. The molecule has 1 amide bonds. The lowest BCUT2D eigenvalue weighted by atomic mass is 10.1. The molecule has 0 unspecified atom stereocenters. The van der Waals surface area contributed by atoms with Crippen molar-refractivity contribution in [2.24, 2.45) is 7.05 Å². The number of ether oxygens (including phenoxy) is 1. The van der Waals surface area contributed by atoms with Crippen LogP contribution >= 0.6 is 0 Å². The van der Waals surface area contributed by atoms with Crippen molar-refractivity contribution < 1.29 is 22.7 Å². The number of halogens is 3. The molecule has 0 fully saturated rings. The van der Waals surface area contributed by atoms with Crippen molar-refractivity contribution in [1.29, 1.82) is 0 Å². The lowest BCUT2D eigenvalue weighted by molar-refractivity contribution is -0.274. The third-order valence-corrected chi connectivity index (χ3v) is 4.64. The minimum Gasteiger partial charge on any atom is -0.404 e. The predicted octanol–water partition coefficient (Wildman–Crippen LogP) is 4.31. The zero-order valence-electron chi connectivity index (χ0n) is 17.4. The largest absolute Gasteiger partial charge is 0.573 e. The number of rotatable bonds is 5. The minimum atomic E-state index is -4.92. The molecule has 0 spiro atoms. The second kappa shape index (κ2) is 7.91. The summed E-state index contributed by atoms with van der Waals surface area (Å²) in [6.07, 6.45) is 0.247. The minimum absolute atomic E-state index is 0.0171. The van der Waals surface area contributed by atoms with E-state index in [4.69, 9.17) is 0 Å². The average molecular weight is 444 g/mol. The SMILES string of the molecule is CN(C)C(=O)c1ccc(Nc2cc3[nH]c(-c4cnn(C)c4)cc3cn2)c(OC(F)(F)F)c1. The molecule has 0 aliphatic heterocycles. The summed E-state index contributed by atoms with van der Waals surface area (Å²) < 4.78 is 44.7. The summed E-state index contributed by atoms with van der Waals surface area (Å²) >= 11 is 0. The standard InChI is InChI=1S/C21H19F3N6O2/c1-29(2)20(31)12-4-5-15(18(7-12)32-21(22,23)24)28-19-8-17-13(9-25-19)6-16(27-17)14-10-26-30(3)11-14/h4-11,27H,1-3H3,(H,25,28). The molecule has 0 atom stereocenters. The van der Waals surface area contributed by atoms with E-state index in [9.17, 15) is 18.0 Å². The van der Waals surface area contributed by atoms with Crippen LogP contribution in [0, 0.1) is 0 Å². The first kappa shape index (κ1) is 21.2. The zero-order chi connectivity index (χ0) is 23.0. The van der Waals surface area contributed by atoms with Gasteiger partial charge in [0.2, 0.25) is 0 Å². The highest BCUT2D eigenvalue weighted by Gasteiger charge is 2.32. The number of H-pyrrole nitrogens is 1. The maximum Gasteiger partial charge on any atom is 0.573 e. The number of hydrogen-bond donors (Lipinski definition) is 2. The van der Waals surface area contributed by atoms with Crippen LogP contribution in [0.5, 0.6) is 5.75 Å². The monoisotopic (exact) mass is 444 g/mol. The highest BCUT2D eigenvalue weighted by Crippen LogP contribution is 2.34. The van der Waals surface area contributed by atoms with E-state index < -0.39 is 18.0 Å². The van der Waals surface area contributed by atoms with Crippen molar-refractivity contribution in [1.82, 2.24) is 24.6 Å². The van der Waals surface area contributed by atoms with Crippen molar-refractivity contribution in [2.45, 2.75) is 6.36 Å². The Morgan fingerprint density at radius 2 is 1.97 bits per heavy atom. The van der Waals surface area contributed by atoms with Crippen LogP contribution in [0.25, 0.3) is 22.2 Å². The molecule has 3 aromatic heterocycles. The summed E-state index contributed by atoms with van der Waals surface area (Å²) in [5.74, 6) is -0.678. The van der Waals surface area contributed by atoms with E-state index in [-0.39, 0.29) is 11.3 Å². The number of aromatic nitrogens is 4. The molecule has 3 heterocycles. The molecule has 1 aromatic carbocycles. The van der Waals surface area contributed by atoms with Crippen molar-refractivity contribution in [2.75, 3.05) is 19.4 Å². The van der Waals surface area contributed by atoms with E-state index in [2.05, 4.69) is 25.1 Å². The molecule has 11 heteroatoms. The topological polar surface area (TPSA) is 88.1 Å². The van der Waals surface area contributed by atoms with Crippen LogP contribution in [0.4, 0.5) is 24.7 Å². The van der Waals surface area contributed by atoms with Gasteiger partial charge in [-0.1, -0.05) is 0 Å². The molecule has 0 aliphatic carbocycles. The number of amides is 1. The van der Waals surface area contributed by atoms with Gasteiger partial charge in [-0.25, -0.2) is 4.98 Å². The van der Waals surface area contributed by atoms with Gasteiger partial charge in [-0.2, -0.15) is 5.10 Å². The first-order valence-corrected chi connectivity index (χ1v) is 9.45. The molecule has 0 aliphatic rings. The second-order valence-electron chi connectivity index (χ2n) is 7.33. The molecule has 0 bridgehead atoms. The Balaban J connectivity index is 1.66. The van der Waals surface area contributed by atoms with Gasteiger partial charge in [0.25, 0.3) is 5.91 Å². The van der Waals surface area contributed by atoms with E-state index in [0.29, 0.717) is 5.82 Å². The van der Waals surface area contributed by atoms with Gasteiger partial charge in [0, 0.05) is 61.8 Å². The van der Waals surface area contributed by atoms with Gasteiger partial charge in [0.15, 0.2) is 5.75 Å². The maximum absolute atomic E-state index is 13.0. The lowest BCUT2D eigenvalue weighted by Crippen LogP contribution is -2.22. The lowest BCUT2D eigenvalue weighted by Gasteiger charge is -2.17. The van der Waals surface area contributed by atoms with Crippen molar-refractivity contribution in [3.63, 3.8) is 0 Å². The molecule has 0 radical (unpaired) electrons. The summed E-state index contributed by atoms with van der Waals surface area (Å²) in [5.41, 5.74) is 2.54. The number of carbonyl (C=O) groups excluding carboxylic acids is 1. The van der Waals surface area contributed by atoms with Gasteiger partial charge in [0.05, 0.1) is 17.4 Å². The first-order valence-electron chi connectivity index (χ1n) is 9.45. The van der Waals surface area contributed by atoms with Gasteiger partial charge in [-0.05, 0) is 24.3 Å². The van der Waals surface area contributed by atoms with Crippen LogP contribution in [-0.2, 0) is 7.05 Å². The smallest absolute Gasteiger partial charge is 0.404 e. The number of fused-ring (bicyclic) bond motifs is 1. The Bertz CT molecular complexity index is 1290. The summed E-state index contributed by atoms with van der Waals surface area (Å²) in [4.78, 5) is 20.9. The number of nitrogens with one attached hydrogen (secondary N) is 2. The Morgan fingerprint density at radius 3 is 2.62 bits per heavy atom. The van der Waals surface area contributed by atoms with Gasteiger partial charge >= 0.3 is 6.36 Å². The number of nitrogens with zero attached hydrogens (tertiary/aromatic N) is 4. The fraction of sp³-hybridized carbons (Fsp3) is 0.190. The van der Waals surface area contributed by atoms with E-state index in [1.165, 1.54) is 31.1 Å². The van der Waals surface area contributed by atoms with Crippen LogP contribution in [-0.4, -0.2) is 51.0 Å². The molecule has 2 N–H and O–H groups in total. The number of aryl methyl sites for hydroxylation is 1. The van der Waals surface area contributed by atoms with Crippen LogP contribution < -0.4 is 10.1 Å². The molecule has 32 heavy (non-hydrogen) atoms. The number of carbonyl (C=O) groups is 1. The van der Waals surface area contributed by atoms with Crippen LogP contribution in [0.15, 0.2) is 48.9 Å². The molecule has 0 saturated heterocycles. The van der Waals surface area contributed by atoms with Crippen LogP contribution in [0.3, 0.4) is 0 Å². The van der Waals surface area contributed by atoms with Crippen molar-refractivity contribution >= 4 is 28.3 Å². The summed E-state index contributed by atoms with van der Waals surface area (Å²) in [7, 11) is 4.83. The second-order valence-corrected chi connectivity index (χ2v) is 7.33. The number of pyridine rings is 1. The third-order valence-electron chi connectivity index (χ3n) is 4.64. The zero-order valence-corrected chi connectivity index (χ0v) is 17.4. The molecule has 8 nitrogen and oxygen atoms in total. The Morgan fingerprint density at radius 1 is 1.19 bits per heavy atom. The number of hydrogen-bond acceptors (Lipinski definition) is 5. The van der Waals surface area contributed by atoms with Gasteiger partial charge < -0.3 is 19.9 Å². The highest BCUT2D eigenvalue weighted by atomic mass is 19.4. The third kappa shape index (κ3) is 4.51. The maximum atomic E-state index is 13.0. The number of anilines is 2. The first-order chi connectivity index (χ1) is 15.1. The molecule has 0 saturated carbocycles. The molecule has 4 aromatic rings. The van der Waals surface area contributed by atoms with Crippen molar-refractivity contribution in [3.8, 4) is 17.0 Å². The average Bonchev–Trinajstić information content (AvgIpc) is 3.33. The van der Waals surface area contributed by atoms with E-state index in [1.807, 2.05) is 19.3 Å². The molecular weight excluding hydrogens is 425 g/mol. The Hall–Kier alpha value is -4.02. The fourth-order valence-corrected chi connectivity index (χ4v) is 3.17. The number of alkyl halides is 3. The number of benzene rings is 1. The number of aromatic amines is 1. The molecule has 4 rings (SSSR count). The van der Waals surface area contributed by atoms with Crippen LogP contribution in [0.1, 0.15) is 10.4 Å². The quantitative estimate of drug-likeness (QED) is 0.479. The van der Waals surface area contributed by atoms with E-state index in [1.54, 1.807) is 23.1 Å². The highest BCUT2D eigenvalue weighted by molar-refractivity contribution is 5.95. The Labute approximate surface area is 180 Å². The Kier molecular flexibility index (Phi) is 5.25. The van der Waals surface area contributed by atoms with Gasteiger partial charge in [-0.15, -0.1) is 13.2 Å². The van der Waals surface area contributed by atoms with E-state index >= 15 is 0 Å². The normalized spacial score (nSPS) is 11.6. The van der Waals surface area contributed by atoms with Gasteiger partial charge in [0.1, 0.15) is 5.82 Å². The summed E-state index contributed by atoms with van der Waals surface area (Å²) in [6.45, 7) is 0. The van der Waals surface area contributed by atoms with E-state index in [0.717, 1.165) is 28.2 Å². The molecule has 166 valence electrons. The predicted molar refractivity (Wildman–Crippen MR) is 113 cm³/mol. The van der Waals surface area contributed by atoms with Crippen molar-refractivity contribution in [3.05, 3.63) is 54.5 Å². The van der Waals surface area contributed by atoms with Gasteiger partial charge in [-0.3, -0.25) is 9.48 Å². The molecular formula is C21H19F3N6O2. The van der Waals surface area contributed by atoms with Crippen LogP contribution in [0.2, 0.25) is 0 Å². The summed E-state index contributed by atoms with van der Waals surface area (Å²) in [5, 5.41) is 7.81.